The summed E-state index contributed by atoms with van der Waals surface area (Å²) in [5.41, 5.74) is 1.39. The zero-order valence-electron chi connectivity index (χ0n) is 7.91. The SMILES string of the molecule is CC(=O)C1Cc2sccc2CN1C. The lowest BCUT2D eigenvalue weighted by Gasteiger charge is -2.30. The second-order valence-electron chi connectivity index (χ2n) is 3.61. The summed E-state index contributed by atoms with van der Waals surface area (Å²) in [5.74, 6) is 0.279. The molecule has 0 fully saturated rings. The van der Waals surface area contributed by atoms with Crippen LogP contribution < -0.4 is 0 Å². The molecule has 1 atom stereocenters. The molecule has 2 heterocycles. The number of fused-ring (bicyclic) bond motifs is 1. The maximum Gasteiger partial charge on any atom is 0.147 e. The van der Waals surface area contributed by atoms with Crippen molar-refractivity contribution in [2.75, 3.05) is 7.05 Å². The zero-order valence-corrected chi connectivity index (χ0v) is 8.73. The molecule has 0 N–H and O–H groups in total. The summed E-state index contributed by atoms with van der Waals surface area (Å²) in [4.78, 5) is 14.8. The van der Waals surface area contributed by atoms with Crippen LogP contribution in [0.3, 0.4) is 0 Å². The molecule has 0 saturated carbocycles. The molecule has 0 saturated heterocycles. The third kappa shape index (κ3) is 1.54. The summed E-state index contributed by atoms with van der Waals surface area (Å²) in [6.07, 6.45) is 0.902. The summed E-state index contributed by atoms with van der Waals surface area (Å²) >= 11 is 1.77. The van der Waals surface area contributed by atoms with Crippen LogP contribution in [0.1, 0.15) is 17.4 Å². The Bertz CT molecular complexity index is 331. The van der Waals surface area contributed by atoms with E-state index in [1.807, 2.05) is 7.05 Å². The topological polar surface area (TPSA) is 20.3 Å². The molecule has 3 heteroatoms. The quantitative estimate of drug-likeness (QED) is 0.679. The molecule has 1 aromatic rings. The van der Waals surface area contributed by atoms with E-state index in [1.54, 1.807) is 18.3 Å². The van der Waals surface area contributed by atoms with Crippen LogP contribution >= 0.6 is 11.3 Å². The van der Waals surface area contributed by atoms with Gasteiger partial charge in [-0.15, -0.1) is 11.3 Å². The Kier molecular flexibility index (Phi) is 2.22. The first-order chi connectivity index (χ1) is 6.18. The van der Waals surface area contributed by atoms with Gasteiger partial charge in [-0.1, -0.05) is 0 Å². The predicted octanol–water partition coefficient (Wildman–Crippen LogP) is 1.69. The highest BCUT2D eigenvalue weighted by atomic mass is 32.1. The van der Waals surface area contributed by atoms with Gasteiger partial charge in [0.15, 0.2) is 0 Å². The number of hydrogen-bond donors (Lipinski definition) is 0. The van der Waals surface area contributed by atoms with Crippen molar-refractivity contribution in [1.29, 1.82) is 0 Å². The minimum Gasteiger partial charge on any atom is -0.298 e. The molecule has 70 valence electrons. The molecule has 0 aromatic carbocycles. The van der Waals surface area contributed by atoms with Crippen LogP contribution in [0.2, 0.25) is 0 Å². The van der Waals surface area contributed by atoms with Gasteiger partial charge in [0.05, 0.1) is 6.04 Å². The molecule has 0 amide bonds. The lowest BCUT2D eigenvalue weighted by molar-refractivity contribution is -0.122. The normalized spacial score (nSPS) is 22.8. The summed E-state index contributed by atoms with van der Waals surface area (Å²) in [7, 11) is 2.02. The highest BCUT2D eigenvalue weighted by molar-refractivity contribution is 7.10. The summed E-state index contributed by atoms with van der Waals surface area (Å²) in [6, 6.07) is 2.26. The number of nitrogens with zero attached hydrogens (tertiary/aromatic N) is 1. The molecule has 13 heavy (non-hydrogen) atoms. The van der Waals surface area contributed by atoms with E-state index in [-0.39, 0.29) is 11.8 Å². The summed E-state index contributed by atoms with van der Waals surface area (Å²) in [6.45, 7) is 2.60. The largest absolute Gasteiger partial charge is 0.298 e. The van der Waals surface area contributed by atoms with Gasteiger partial charge in [0.2, 0.25) is 0 Å². The fourth-order valence-electron chi connectivity index (χ4n) is 1.85. The highest BCUT2D eigenvalue weighted by Crippen LogP contribution is 2.26. The molecule has 1 unspecified atom stereocenters. The third-order valence-electron chi connectivity index (χ3n) is 2.64. The van der Waals surface area contributed by atoms with Gasteiger partial charge in [-0.3, -0.25) is 9.69 Å². The van der Waals surface area contributed by atoms with Crippen molar-refractivity contribution in [2.45, 2.75) is 25.9 Å². The fraction of sp³-hybridized carbons (Fsp3) is 0.500. The number of likely N-dealkylation sites (N-methyl/N-ethyl adjacent to an activating group) is 1. The molecular weight excluding hydrogens is 182 g/mol. The molecular formula is C10H13NOS. The molecule has 0 aliphatic carbocycles. The van der Waals surface area contributed by atoms with E-state index in [9.17, 15) is 4.79 Å². The van der Waals surface area contributed by atoms with E-state index < -0.39 is 0 Å². The molecule has 1 aliphatic rings. The van der Waals surface area contributed by atoms with Crippen molar-refractivity contribution in [2.24, 2.45) is 0 Å². The minimum atomic E-state index is 0.103. The Morgan fingerprint density at radius 1 is 1.69 bits per heavy atom. The number of carbonyl (C=O) groups is 1. The smallest absolute Gasteiger partial charge is 0.147 e. The fourth-order valence-corrected chi connectivity index (χ4v) is 2.79. The number of hydrogen-bond acceptors (Lipinski definition) is 3. The van der Waals surface area contributed by atoms with Crippen LogP contribution in [-0.4, -0.2) is 23.8 Å². The van der Waals surface area contributed by atoms with E-state index >= 15 is 0 Å². The summed E-state index contributed by atoms with van der Waals surface area (Å²) < 4.78 is 0. The first-order valence-corrected chi connectivity index (χ1v) is 5.32. The van der Waals surface area contributed by atoms with E-state index in [2.05, 4.69) is 16.3 Å². The van der Waals surface area contributed by atoms with Gasteiger partial charge in [0, 0.05) is 17.8 Å². The van der Waals surface area contributed by atoms with Gasteiger partial charge in [0.25, 0.3) is 0 Å². The first-order valence-electron chi connectivity index (χ1n) is 4.44. The van der Waals surface area contributed by atoms with Crippen LogP contribution in [-0.2, 0) is 17.8 Å². The van der Waals surface area contributed by atoms with Crippen molar-refractivity contribution in [3.8, 4) is 0 Å². The molecule has 0 bridgehead atoms. The number of rotatable bonds is 1. The molecule has 0 radical (unpaired) electrons. The van der Waals surface area contributed by atoms with Crippen molar-refractivity contribution >= 4 is 17.1 Å². The maximum absolute atomic E-state index is 11.3. The van der Waals surface area contributed by atoms with Crippen LogP contribution in [0.25, 0.3) is 0 Å². The van der Waals surface area contributed by atoms with Crippen molar-refractivity contribution < 1.29 is 4.79 Å². The number of ketones is 1. The lowest BCUT2D eigenvalue weighted by Crippen LogP contribution is -2.41. The monoisotopic (exact) mass is 195 g/mol. The van der Waals surface area contributed by atoms with E-state index in [1.165, 1.54) is 10.4 Å². The van der Waals surface area contributed by atoms with Gasteiger partial charge < -0.3 is 0 Å². The van der Waals surface area contributed by atoms with Gasteiger partial charge in [-0.2, -0.15) is 0 Å². The van der Waals surface area contributed by atoms with Crippen LogP contribution in [0, 0.1) is 0 Å². The van der Waals surface area contributed by atoms with Gasteiger partial charge in [0.1, 0.15) is 5.78 Å². The summed E-state index contributed by atoms with van der Waals surface area (Å²) in [5, 5.41) is 2.11. The van der Waals surface area contributed by atoms with Gasteiger partial charge in [-0.05, 0) is 31.0 Å². The van der Waals surface area contributed by atoms with E-state index in [4.69, 9.17) is 0 Å². The number of carbonyl (C=O) groups excluding carboxylic acids is 1. The number of Topliss-reactive ketones (excluding diaryl/α,β-unsaturated/α-hetero) is 1. The van der Waals surface area contributed by atoms with Crippen LogP contribution in [0.4, 0.5) is 0 Å². The van der Waals surface area contributed by atoms with Crippen molar-refractivity contribution in [3.05, 3.63) is 21.9 Å². The molecule has 0 spiro atoms. The average molecular weight is 195 g/mol. The minimum absolute atomic E-state index is 0.103. The Morgan fingerprint density at radius 2 is 2.46 bits per heavy atom. The zero-order chi connectivity index (χ0) is 9.42. The van der Waals surface area contributed by atoms with Crippen molar-refractivity contribution in [1.82, 2.24) is 4.90 Å². The van der Waals surface area contributed by atoms with Gasteiger partial charge >= 0.3 is 0 Å². The molecule has 1 aromatic heterocycles. The number of thiophene rings is 1. The standard InChI is InChI=1S/C10H13NOS/c1-7(12)9-5-10-8(3-4-13-10)6-11(9)2/h3-4,9H,5-6H2,1-2H3. The third-order valence-corrected chi connectivity index (χ3v) is 3.62. The Labute approximate surface area is 82.2 Å². The van der Waals surface area contributed by atoms with Gasteiger partial charge in [-0.25, -0.2) is 0 Å². The maximum atomic E-state index is 11.3. The van der Waals surface area contributed by atoms with Crippen LogP contribution in [0.15, 0.2) is 11.4 Å². The predicted molar refractivity (Wildman–Crippen MR) is 54.0 cm³/mol. The Balaban J connectivity index is 2.27. The highest BCUT2D eigenvalue weighted by Gasteiger charge is 2.26. The second kappa shape index (κ2) is 3.24. The Hall–Kier alpha value is -0.670. The van der Waals surface area contributed by atoms with E-state index in [0.29, 0.717) is 0 Å². The lowest BCUT2D eigenvalue weighted by atomic mass is 10.00. The van der Waals surface area contributed by atoms with Crippen LogP contribution in [0.5, 0.6) is 0 Å². The van der Waals surface area contributed by atoms with E-state index in [0.717, 1.165) is 13.0 Å². The Morgan fingerprint density at radius 3 is 3.15 bits per heavy atom. The average Bonchev–Trinajstić information content (AvgIpc) is 2.48. The first kappa shape index (κ1) is 8.91. The molecule has 1 aliphatic heterocycles. The second-order valence-corrected chi connectivity index (χ2v) is 4.62. The molecule has 2 rings (SSSR count). The van der Waals surface area contributed by atoms with Crippen molar-refractivity contribution in [3.63, 3.8) is 0 Å². The molecule has 2 nitrogen and oxygen atoms in total.